The second-order valence-corrected chi connectivity index (χ2v) is 7.30. The summed E-state index contributed by atoms with van der Waals surface area (Å²) in [6.45, 7) is 0.908. The van der Waals surface area contributed by atoms with Crippen molar-refractivity contribution in [2.24, 2.45) is 5.14 Å². The van der Waals surface area contributed by atoms with Gasteiger partial charge in [0.15, 0.2) is 0 Å². The van der Waals surface area contributed by atoms with Crippen LogP contribution in [0.15, 0.2) is 16.3 Å². The minimum absolute atomic E-state index is 0.102. The third kappa shape index (κ3) is 4.00. The van der Waals surface area contributed by atoms with Gasteiger partial charge < -0.3 is 10.1 Å². The topological polar surface area (TPSA) is 98.5 Å². The number of amides is 1. The summed E-state index contributed by atoms with van der Waals surface area (Å²) in [5.41, 5.74) is 0. The van der Waals surface area contributed by atoms with Gasteiger partial charge in [-0.15, -0.1) is 11.3 Å². The second kappa shape index (κ2) is 6.00. The SMILES string of the molecule is NS(=O)(=O)c1ccc(CNC(=O)C2CCCCO2)s1. The summed E-state index contributed by atoms with van der Waals surface area (Å²) >= 11 is 1.06. The monoisotopic (exact) mass is 304 g/mol. The van der Waals surface area contributed by atoms with E-state index in [0.717, 1.165) is 35.5 Å². The highest BCUT2D eigenvalue weighted by Crippen LogP contribution is 2.20. The minimum atomic E-state index is -3.66. The molecule has 0 bridgehead atoms. The van der Waals surface area contributed by atoms with E-state index in [1.54, 1.807) is 6.07 Å². The van der Waals surface area contributed by atoms with Crippen LogP contribution in [0.1, 0.15) is 24.1 Å². The Labute approximate surface area is 116 Å². The number of nitrogens with two attached hydrogens (primary N) is 1. The predicted octanol–water partition coefficient (Wildman–Crippen LogP) is 0.581. The molecule has 1 aromatic heterocycles. The number of carbonyl (C=O) groups excluding carboxylic acids is 1. The minimum Gasteiger partial charge on any atom is -0.368 e. The Bertz CT molecular complexity index is 547. The van der Waals surface area contributed by atoms with E-state index in [2.05, 4.69) is 5.32 Å². The fraction of sp³-hybridized carbons (Fsp3) is 0.545. The van der Waals surface area contributed by atoms with Crippen LogP contribution in [0.2, 0.25) is 0 Å². The van der Waals surface area contributed by atoms with Crippen molar-refractivity contribution in [1.29, 1.82) is 0 Å². The average Bonchev–Trinajstić information content (AvgIpc) is 2.86. The number of hydrogen-bond acceptors (Lipinski definition) is 5. The quantitative estimate of drug-likeness (QED) is 0.850. The Morgan fingerprint density at radius 3 is 2.84 bits per heavy atom. The average molecular weight is 304 g/mol. The van der Waals surface area contributed by atoms with E-state index in [0.29, 0.717) is 13.2 Å². The lowest BCUT2D eigenvalue weighted by Gasteiger charge is -2.21. The van der Waals surface area contributed by atoms with Crippen LogP contribution in [0, 0.1) is 0 Å². The van der Waals surface area contributed by atoms with Crippen LogP contribution in [-0.4, -0.2) is 27.0 Å². The summed E-state index contributed by atoms with van der Waals surface area (Å²) in [5, 5.41) is 7.76. The maximum Gasteiger partial charge on any atom is 0.249 e. The smallest absolute Gasteiger partial charge is 0.249 e. The van der Waals surface area contributed by atoms with Gasteiger partial charge in [-0.1, -0.05) is 0 Å². The molecule has 1 atom stereocenters. The number of rotatable bonds is 4. The summed E-state index contributed by atoms with van der Waals surface area (Å²) in [5.74, 6) is -0.148. The molecule has 0 aliphatic carbocycles. The van der Waals surface area contributed by atoms with Crippen molar-refractivity contribution in [3.63, 3.8) is 0 Å². The fourth-order valence-corrected chi connectivity index (χ4v) is 3.56. The molecule has 1 aliphatic rings. The van der Waals surface area contributed by atoms with E-state index in [1.165, 1.54) is 6.07 Å². The number of sulfonamides is 1. The predicted molar refractivity (Wildman–Crippen MR) is 71.1 cm³/mol. The molecule has 3 N–H and O–H groups in total. The molecule has 1 aromatic rings. The van der Waals surface area contributed by atoms with Crippen molar-refractivity contribution in [2.75, 3.05) is 6.61 Å². The van der Waals surface area contributed by atoms with Gasteiger partial charge in [-0.25, -0.2) is 13.6 Å². The standard InChI is InChI=1S/C11H16N2O4S2/c12-19(15,16)10-5-4-8(18-10)7-13-11(14)9-3-1-2-6-17-9/h4-5,9H,1-3,6-7H2,(H,13,14)(H2,12,15,16). The summed E-state index contributed by atoms with van der Waals surface area (Å²) in [7, 11) is -3.66. The van der Waals surface area contributed by atoms with Gasteiger partial charge >= 0.3 is 0 Å². The highest BCUT2D eigenvalue weighted by molar-refractivity contribution is 7.91. The molecule has 19 heavy (non-hydrogen) atoms. The van der Waals surface area contributed by atoms with E-state index >= 15 is 0 Å². The third-order valence-electron chi connectivity index (χ3n) is 2.83. The summed E-state index contributed by atoms with van der Waals surface area (Å²) in [6, 6.07) is 3.09. The zero-order chi connectivity index (χ0) is 13.9. The van der Waals surface area contributed by atoms with E-state index in [1.807, 2.05) is 0 Å². The van der Waals surface area contributed by atoms with Crippen molar-refractivity contribution in [1.82, 2.24) is 5.32 Å². The van der Waals surface area contributed by atoms with Crippen LogP contribution in [0.4, 0.5) is 0 Å². The van der Waals surface area contributed by atoms with Crippen molar-refractivity contribution in [3.8, 4) is 0 Å². The molecule has 1 aliphatic heterocycles. The molecule has 1 saturated heterocycles. The Morgan fingerprint density at radius 2 is 2.26 bits per heavy atom. The number of primary sulfonamides is 1. The Kier molecular flexibility index (Phi) is 4.56. The zero-order valence-electron chi connectivity index (χ0n) is 10.3. The summed E-state index contributed by atoms with van der Waals surface area (Å²) < 4.78 is 27.7. The Hall–Kier alpha value is -0.960. The second-order valence-electron chi connectivity index (χ2n) is 4.34. The molecule has 0 aromatic carbocycles. The summed E-state index contributed by atoms with van der Waals surface area (Å²) in [6.07, 6.45) is 2.34. The number of nitrogens with one attached hydrogen (secondary N) is 1. The number of hydrogen-bond donors (Lipinski definition) is 2. The van der Waals surface area contributed by atoms with Gasteiger partial charge in [0, 0.05) is 11.5 Å². The molecule has 1 unspecified atom stereocenters. The van der Waals surface area contributed by atoms with Crippen molar-refractivity contribution >= 4 is 27.3 Å². The van der Waals surface area contributed by atoms with Crippen molar-refractivity contribution in [3.05, 3.63) is 17.0 Å². The van der Waals surface area contributed by atoms with Crippen LogP contribution >= 0.6 is 11.3 Å². The highest BCUT2D eigenvalue weighted by Gasteiger charge is 2.21. The number of thiophene rings is 1. The van der Waals surface area contributed by atoms with E-state index in [4.69, 9.17) is 9.88 Å². The first-order valence-electron chi connectivity index (χ1n) is 5.97. The molecule has 2 heterocycles. The molecule has 0 spiro atoms. The molecule has 1 fully saturated rings. The molecule has 6 nitrogen and oxygen atoms in total. The van der Waals surface area contributed by atoms with Crippen LogP contribution in [0.25, 0.3) is 0 Å². The van der Waals surface area contributed by atoms with Gasteiger partial charge in [-0.3, -0.25) is 4.79 Å². The highest BCUT2D eigenvalue weighted by atomic mass is 32.2. The zero-order valence-corrected chi connectivity index (χ0v) is 11.9. The number of carbonyl (C=O) groups is 1. The molecule has 0 saturated carbocycles. The first-order chi connectivity index (χ1) is 8.97. The van der Waals surface area contributed by atoms with Gasteiger partial charge in [0.25, 0.3) is 0 Å². The molecule has 1 amide bonds. The maximum atomic E-state index is 11.8. The van der Waals surface area contributed by atoms with Gasteiger partial charge in [-0.05, 0) is 31.4 Å². The van der Waals surface area contributed by atoms with Crippen LogP contribution < -0.4 is 10.5 Å². The van der Waals surface area contributed by atoms with Gasteiger partial charge in [-0.2, -0.15) is 0 Å². The lowest BCUT2D eigenvalue weighted by Crippen LogP contribution is -2.37. The molecule has 106 valence electrons. The molecular weight excluding hydrogens is 288 g/mol. The fourth-order valence-electron chi connectivity index (χ4n) is 1.84. The lowest BCUT2D eigenvalue weighted by molar-refractivity contribution is -0.135. The molecule has 2 rings (SSSR count). The molecule has 0 radical (unpaired) electrons. The van der Waals surface area contributed by atoms with Crippen LogP contribution in [0.3, 0.4) is 0 Å². The van der Waals surface area contributed by atoms with Crippen LogP contribution in [0.5, 0.6) is 0 Å². The molecule has 8 heteroatoms. The van der Waals surface area contributed by atoms with Gasteiger partial charge in [0.1, 0.15) is 10.3 Å². The lowest BCUT2D eigenvalue weighted by atomic mass is 10.1. The first kappa shape index (κ1) is 14.4. The van der Waals surface area contributed by atoms with E-state index < -0.39 is 10.0 Å². The van der Waals surface area contributed by atoms with Crippen molar-refractivity contribution < 1.29 is 17.9 Å². The van der Waals surface area contributed by atoms with Gasteiger partial charge in [0.05, 0.1) is 6.54 Å². The van der Waals surface area contributed by atoms with E-state index in [-0.39, 0.29) is 16.2 Å². The third-order valence-corrected chi connectivity index (χ3v) is 5.35. The van der Waals surface area contributed by atoms with E-state index in [9.17, 15) is 13.2 Å². The van der Waals surface area contributed by atoms with Crippen molar-refractivity contribution in [2.45, 2.75) is 36.1 Å². The van der Waals surface area contributed by atoms with Crippen LogP contribution in [-0.2, 0) is 26.1 Å². The summed E-state index contributed by atoms with van der Waals surface area (Å²) in [4.78, 5) is 12.5. The van der Waals surface area contributed by atoms with Gasteiger partial charge in [0.2, 0.25) is 15.9 Å². The molecular formula is C11H16N2O4S2. The number of ether oxygens (including phenoxy) is 1. The largest absolute Gasteiger partial charge is 0.368 e. The Balaban J connectivity index is 1.88. The first-order valence-corrected chi connectivity index (χ1v) is 8.34. The Morgan fingerprint density at radius 1 is 1.47 bits per heavy atom. The normalized spacial score (nSPS) is 20.2. The maximum absolute atomic E-state index is 11.8.